The first-order valence-electron chi connectivity index (χ1n) is 12.0. The molecule has 2 unspecified atom stereocenters. The number of allylic oxidation sites excluding steroid dienone is 1. The van der Waals surface area contributed by atoms with E-state index in [2.05, 4.69) is 22.2 Å². The topological polar surface area (TPSA) is 79.8 Å². The average molecular weight is 524 g/mol. The molecule has 0 aromatic heterocycles. The van der Waals surface area contributed by atoms with Crippen LogP contribution in [0.25, 0.3) is 0 Å². The van der Waals surface area contributed by atoms with Crippen molar-refractivity contribution in [1.29, 1.82) is 0 Å². The second-order valence-electron chi connectivity index (χ2n) is 8.46. The fourth-order valence-electron chi connectivity index (χ4n) is 3.26. The molecular weight excluding hydrogens is 489 g/mol. The largest absolute Gasteiger partial charge is 0.494 e. The van der Waals surface area contributed by atoms with Crippen molar-refractivity contribution >= 4 is 47.9 Å². The molecule has 3 rings (SSSR count). The first-order valence-corrected chi connectivity index (χ1v) is 14.7. The molecule has 190 valence electrons. The highest BCUT2D eigenvalue weighted by Crippen LogP contribution is 2.32. The van der Waals surface area contributed by atoms with E-state index < -0.39 is 10.8 Å². The predicted octanol–water partition coefficient (Wildman–Crippen LogP) is 5.95. The lowest BCUT2D eigenvalue weighted by Crippen LogP contribution is -2.09. The second kappa shape index (κ2) is 14.5. The molecule has 2 aromatic rings. The molecule has 2 N–H and O–H groups in total. The molecule has 0 aliphatic heterocycles. The van der Waals surface area contributed by atoms with Crippen molar-refractivity contribution < 1.29 is 13.7 Å². The van der Waals surface area contributed by atoms with Gasteiger partial charge in [0, 0.05) is 35.5 Å². The number of carbonyl (C=O) groups is 1. The SMILES string of the molecule is C=C(Nc1cccc(NC(=O)/C=C/CC)c1)/C(=C\N=CPc1ccc(OCCC2CC2)cc1)S(C)=O. The zero-order chi connectivity index (χ0) is 25.8. The average Bonchev–Trinajstić information content (AvgIpc) is 3.68. The summed E-state index contributed by atoms with van der Waals surface area (Å²) in [5, 5.41) is 7.13. The van der Waals surface area contributed by atoms with Crippen LogP contribution in [0.1, 0.15) is 32.6 Å². The highest BCUT2D eigenvalue weighted by atomic mass is 32.2. The molecule has 0 saturated heterocycles. The van der Waals surface area contributed by atoms with Gasteiger partial charge in [-0.05, 0) is 69.1 Å². The van der Waals surface area contributed by atoms with E-state index >= 15 is 0 Å². The van der Waals surface area contributed by atoms with Crippen molar-refractivity contribution in [2.75, 3.05) is 23.5 Å². The van der Waals surface area contributed by atoms with Gasteiger partial charge in [0.05, 0.1) is 22.3 Å². The third kappa shape index (κ3) is 9.92. The monoisotopic (exact) mass is 523 g/mol. The van der Waals surface area contributed by atoms with E-state index in [-0.39, 0.29) is 5.91 Å². The van der Waals surface area contributed by atoms with Crippen LogP contribution in [0.3, 0.4) is 0 Å². The Hall–Kier alpha value is -3.02. The van der Waals surface area contributed by atoms with E-state index in [1.54, 1.807) is 30.7 Å². The quantitative estimate of drug-likeness (QED) is 0.139. The Balaban J connectivity index is 1.53. The number of hydrogen-bond acceptors (Lipinski definition) is 5. The summed E-state index contributed by atoms with van der Waals surface area (Å²) in [6.07, 6.45) is 11.1. The van der Waals surface area contributed by atoms with E-state index in [4.69, 9.17) is 4.74 Å². The molecule has 1 amide bonds. The maximum absolute atomic E-state index is 12.3. The molecular formula is C28H34N3O3PS. The molecule has 1 aliphatic carbocycles. The molecule has 0 spiro atoms. The lowest BCUT2D eigenvalue weighted by atomic mass is 10.2. The fourth-order valence-corrected chi connectivity index (χ4v) is 4.52. The Morgan fingerprint density at radius 1 is 1.19 bits per heavy atom. The summed E-state index contributed by atoms with van der Waals surface area (Å²) in [4.78, 5) is 16.8. The number of aliphatic imine (C=N–C) groups is 1. The van der Waals surface area contributed by atoms with Crippen molar-refractivity contribution in [3.8, 4) is 5.75 Å². The molecule has 2 aromatic carbocycles. The molecule has 1 fully saturated rings. The number of nitrogens with one attached hydrogen (secondary N) is 2. The van der Waals surface area contributed by atoms with Crippen LogP contribution in [0.15, 0.2) is 89.1 Å². The molecule has 1 saturated carbocycles. The van der Waals surface area contributed by atoms with Gasteiger partial charge in [0.1, 0.15) is 5.75 Å². The van der Waals surface area contributed by atoms with Gasteiger partial charge in [0.25, 0.3) is 0 Å². The number of hydrogen-bond donors (Lipinski definition) is 2. The second-order valence-corrected chi connectivity index (χ2v) is 10.9. The van der Waals surface area contributed by atoms with Crippen molar-refractivity contribution in [3.63, 3.8) is 0 Å². The fraction of sp³-hybridized carbons (Fsp3) is 0.286. The van der Waals surface area contributed by atoms with Gasteiger partial charge in [-0.2, -0.15) is 0 Å². The van der Waals surface area contributed by atoms with Crippen LogP contribution in [0, 0.1) is 5.92 Å². The Morgan fingerprint density at radius 2 is 1.92 bits per heavy atom. The van der Waals surface area contributed by atoms with Gasteiger partial charge in [0.2, 0.25) is 5.91 Å². The lowest BCUT2D eigenvalue weighted by Gasteiger charge is -2.12. The Kier molecular flexibility index (Phi) is 11.1. The minimum Gasteiger partial charge on any atom is -0.494 e. The number of anilines is 2. The van der Waals surface area contributed by atoms with Crippen LogP contribution in [-0.2, 0) is 15.6 Å². The van der Waals surface area contributed by atoms with Gasteiger partial charge in [-0.1, -0.05) is 50.6 Å². The first kappa shape index (κ1) is 27.6. The van der Waals surface area contributed by atoms with E-state index in [0.717, 1.165) is 42.1 Å². The van der Waals surface area contributed by atoms with Crippen LogP contribution in [0.5, 0.6) is 5.75 Å². The molecule has 0 heterocycles. The van der Waals surface area contributed by atoms with Gasteiger partial charge in [-0.3, -0.25) is 14.0 Å². The van der Waals surface area contributed by atoms with Gasteiger partial charge >= 0.3 is 0 Å². The standard InChI is InChI=1S/C28H34N3O3PS/c1-4-5-9-28(32)31-24-8-6-7-23(18-24)30-21(2)27(36(3)33)19-29-20-35-26-14-12-25(13-15-26)34-17-16-22-10-11-22/h5-9,12-15,18-20,22,30,35H,2,4,10-11,16-17H2,1,3H3,(H,31,32)/b9-5+,27-19+,29-20?. The lowest BCUT2D eigenvalue weighted by molar-refractivity contribution is -0.111. The normalized spacial score (nSPS) is 15.0. The third-order valence-electron chi connectivity index (χ3n) is 5.38. The number of rotatable bonds is 14. The third-order valence-corrected chi connectivity index (χ3v) is 7.30. The van der Waals surface area contributed by atoms with Crippen LogP contribution >= 0.6 is 8.58 Å². The van der Waals surface area contributed by atoms with Gasteiger partial charge in [-0.25, -0.2) is 0 Å². The molecule has 36 heavy (non-hydrogen) atoms. The van der Waals surface area contributed by atoms with Gasteiger partial charge in [-0.15, -0.1) is 0 Å². The Bertz CT molecular complexity index is 1150. The summed E-state index contributed by atoms with van der Waals surface area (Å²) < 4.78 is 18.1. The van der Waals surface area contributed by atoms with Gasteiger partial charge < -0.3 is 15.4 Å². The van der Waals surface area contributed by atoms with Gasteiger partial charge in [0.15, 0.2) is 0 Å². The highest BCUT2D eigenvalue weighted by Gasteiger charge is 2.20. The van der Waals surface area contributed by atoms with Crippen molar-refractivity contribution in [3.05, 3.63) is 84.1 Å². The zero-order valence-electron chi connectivity index (χ0n) is 20.8. The molecule has 0 bridgehead atoms. The van der Waals surface area contributed by atoms with E-state index in [1.807, 2.05) is 49.3 Å². The summed E-state index contributed by atoms with van der Waals surface area (Å²) in [6.45, 7) is 6.78. The summed E-state index contributed by atoms with van der Waals surface area (Å²) in [5.41, 5.74) is 1.86. The Labute approximate surface area is 218 Å². The molecule has 1 aliphatic rings. The van der Waals surface area contributed by atoms with Crippen LogP contribution < -0.4 is 20.7 Å². The Morgan fingerprint density at radius 3 is 2.58 bits per heavy atom. The van der Waals surface area contributed by atoms with Crippen LogP contribution in [-0.4, -0.2) is 28.9 Å². The van der Waals surface area contributed by atoms with E-state index in [1.165, 1.54) is 18.9 Å². The summed E-state index contributed by atoms with van der Waals surface area (Å²) in [7, 11) is -0.908. The number of amides is 1. The maximum atomic E-state index is 12.3. The predicted molar refractivity (Wildman–Crippen MR) is 155 cm³/mol. The van der Waals surface area contributed by atoms with Crippen LogP contribution in [0.4, 0.5) is 11.4 Å². The molecule has 0 radical (unpaired) electrons. The smallest absolute Gasteiger partial charge is 0.248 e. The summed E-state index contributed by atoms with van der Waals surface area (Å²) in [6, 6.07) is 15.4. The van der Waals surface area contributed by atoms with Crippen LogP contribution in [0.2, 0.25) is 0 Å². The summed E-state index contributed by atoms with van der Waals surface area (Å²) >= 11 is 0. The minimum absolute atomic E-state index is 0.186. The number of benzene rings is 2. The van der Waals surface area contributed by atoms with E-state index in [9.17, 15) is 9.00 Å². The molecule has 8 heteroatoms. The number of nitrogens with zero attached hydrogens (tertiary/aromatic N) is 1. The zero-order valence-corrected chi connectivity index (χ0v) is 22.6. The maximum Gasteiger partial charge on any atom is 0.248 e. The minimum atomic E-state index is -1.29. The van der Waals surface area contributed by atoms with Crippen molar-refractivity contribution in [2.24, 2.45) is 10.9 Å². The number of ether oxygens (including phenoxy) is 1. The molecule has 6 nitrogen and oxygen atoms in total. The highest BCUT2D eigenvalue weighted by molar-refractivity contribution is 7.88. The molecule has 2 atom stereocenters. The number of carbonyl (C=O) groups excluding carboxylic acids is 1. The van der Waals surface area contributed by atoms with Crippen molar-refractivity contribution in [2.45, 2.75) is 32.6 Å². The van der Waals surface area contributed by atoms with E-state index in [0.29, 0.717) is 24.9 Å². The summed E-state index contributed by atoms with van der Waals surface area (Å²) in [5.74, 6) is 3.39. The first-order chi connectivity index (χ1) is 17.4. The van der Waals surface area contributed by atoms with Crippen molar-refractivity contribution in [1.82, 2.24) is 0 Å².